The van der Waals surface area contributed by atoms with Crippen molar-refractivity contribution in [1.29, 1.82) is 0 Å². The van der Waals surface area contributed by atoms with Crippen LogP contribution in [0.4, 0.5) is 0 Å². The van der Waals surface area contributed by atoms with Gasteiger partial charge in [0.15, 0.2) is 0 Å². The smallest absolute Gasteiger partial charge is 0.138 e. The molecule has 0 spiro atoms. The molecule has 0 N–H and O–H groups in total. The number of halogens is 1. The highest BCUT2D eigenvalue weighted by molar-refractivity contribution is 6.32. The number of hydrogen-bond acceptors (Lipinski definition) is 4. The maximum atomic E-state index is 6.16. The molecule has 6 heteroatoms. The molecule has 1 aromatic heterocycles. The van der Waals surface area contributed by atoms with E-state index in [-0.39, 0.29) is 12.2 Å². The average Bonchev–Trinajstić information content (AvgIpc) is 3.23. The minimum atomic E-state index is -0.0547. The van der Waals surface area contributed by atoms with Gasteiger partial charge in [0.1, 0.15) is 24.2 Å². The van der Waals surface area contributed by atoms with Gasteiger partial charge >= 0.3 is 0 Å². The largest absolute Gasteiger partial charge is 0.497 e. The van der Waals surface area contributed by atoms with Crippen LogP contribution in [-0.2, 0) is 11.3 Å². The van der Waals surface area contributed by atoms with E-state index in [9.17, 15) is 0 Å². The summed E-state index contributed by atoms with van der Waals surface area (Å²) in [7, 11) is 1.60. The van der Waals surface area contributed by atoms with Gasteiger partial charge in [-0.1, -0.05) is 23.8 Å². The zero-order valence-corrected chi connectivity index (χ0v) is 13.6. The molecular formula is C17H19ClN2O3. The Labute approximate surface area is 140 Å². The summed E-state index contributed by atoms with van der Waals surface area (Å²) in [6.07, 6.45) is 10.6. The number of methoxy groups -OCH3 is 1. The average molecular weight is 335 g/mol. The first kappa shape index (κ1) is 15.9. The Morgan fingerprint density at radius 2 is 2.17 bits per heavy atom. The summed E-state index contributed by atoms with van der Waals surface area (Å²) in [6.45, 7) is 1.32. The standard InChI is InChI=1S/C17H19ClN2O3/c1-21-14-4-5-17(16(18)10-14)22-11-15-3-2-13(23-15)6-8-20-9-7-19-12-20/h2-5,7,9-10,12-13,15H,6,8,11H2,1H3/t13-,15-/m1/s1. The van der Waals surface area contributed by atoms with Gasteiger partial charge in [-0.25, -0.2) is 4.98 Å². The Morgan fingerprint density at radius 1 is 1.30 bits per heavy atom. The van der Waals surface area contributed by atoms with Crippen molar-refractivity contribution >= 4 is 11.6 Å². The fraction of sp³-hybridized carbons (Fsp3) is 0.353. The Balaban J connectivity index is 1.44. The summed E-state index contributed by atoms with van der Waals surface area (Å²) in [5, 5.41) is 0.531. The van der Waals surface area contributed by atoms with E-state index in [1.165, 1.54) is 0 Å². The third-order valence-electron chi connectivity index (χ3n) is 3.66. The molecule has 0 unspecified atom stereocenters. The van der Waals surface area contributed by atoms with Crippen molar-refractivity contribution in [1.82, 2.24) is 9.55 Å². The molecule has 1 aliphatic rings. The first-order chi connectivity index (χ1) is 11.2. The number of nitrogens with zero attached hydrogens (tertiary/aromatic N) is 2. The fourth-order valence-corrected chi connectivity index (χ4v) is 2.64. The second-order valence-electron chi connectivity index (χ2n) is 5.29. The minimum Gasteiger partial charge on any atom is -0.497 e. The summed E-state index contributed by atoms with van der Waals surface area (Å²) in [6, 6.07) is 5.35. The van der Waals surface area contributed by atoms with Crippen molar-refractivity contribution in [2.45, 2.75) is 25.2 Å². The van der Waals surface area contributed by atoms with E-state index in [2.05, 4.69) is 11.1 Å². The van der Waals surface area contributed by atoms with Crippen LogP contribution in [0.2, 0.25) is 5.02 Å². The van der Waals surface area contributed by atoms with Crippen LogP contribution in [0.5, 0.6) is 11.5 Å². The zero-order valence-electron chi connectivity index (χ0n) is 12.9. The van der Waals surface area contributed by atoms with Crippen LogP contribution in [0.15, 0.2) is 49.1 Å². The maximum absolute atomic E-state index is 6.16. The van der Waals surface area contributed by atoms with Crippen molar-refractivity contribution in [2.24, 2.45) is 0 Å². The molecule has 2 heterocycles. The Hall–Kier alpha value is -1.98. The quantitative estimate of drug-likeness (QED) is 0.729. The number of rotatable bonds is 7. The molecule has 1 aliphatic heterocycles. The lowest BCUT2D eigenvalue weighted by atomic mass is 10.2. The number of imidazole rings is 1. The van der Waals surface area contributed by atoms with Gasteiger partial charge in [0.25, 0.3) is 0 Å². The molecule has 5 nitrogen and oxygen atoms in total. The Bertz CT molecular complexity index is 658. The number of aromatic nitrogens is 2. The van der Waals surface area contributed by atoms with Crippen molar-refractivity contribution in [3.05, 3.63) is 54.1 Å². The Kier molecular flexibility index (Phi) is 5.20. The lowest BCUT2D eigenvalue weighted by Gasteiger charge is -2.16. The van der Waals surface area contributed by atoms with Gasteiger partial charge in [0, 0.05) is 25.0 Å². The van der Waals surface area contributed by atoms with Crippen LogP contribution < -0.4 is 9.47 Å². The minimum absolute atomic E-state index is 0.0547. The van der Waals surface area contributed by atoms with Gasteiger partial charge in [-0.15, -0.1) is 0 Å². The highest BCUT2D eigenvalue weighted by Crippen LogP contribution is 2.29. The highest BCUT2D eigenvalue weighted by atomic mass is 35.5. The van der Waals surface area contributed by atoms with Crippen molar-refractivity contribution in [3.63, 3.8) is 0 Å². The van der Waals surface area contributed by atoms with E-state index in [1.807, 2.05) is 29.2 Å². The van der Waals surface area contributed by atoms with Gasteiger partial charge in [0.2, 0.25) is 0 Å². The van der Waals surface area contributed by atoms with E-state index >= 15 is 0 Å². The molecule has 0 fully saturated rings. The normalized spacial score (nSPS) is 19.9. The van der Waals surface area contributed by atoms with Gasteiger partial charge in [-0.05, 0) is 18.6 Å². The summed E-state index contributed by atoms with van der Waals surface area (Å²) in [5.74, 6) is 1.34. The SMILES string of the molecule is COc1ccc(OC[C@H]2C=C[C@H](CCn3ccnc3)O2)c(Cl)c1. The predicted molar refractivity (Wildman–Crippen MR) is 88.1 cm³/mol. The highest BCUT2D eigenvalue weighted by Gasteiger charge is 2.20. The first-order valence-electron chi connectivity index (χ1n) is 7.50. The van der Waals surface area contributed by atoms with Crippen molar-refractivity contribution in [3.8, 4) is 11.5 Å². The molecule has 0 amide bonds. The number of aryl methyl sites for hydroxylation is 1. The third kappa shape index (κ3) is 4.27. The summed E-state index contributed by atoms with van der Waals surface area (Å²) in [4.78, 5) is 4.03. The molecule has 0 saturated carbocycles. The topological polar surface area (TPSA) is 45.5 Å². The van der Waals surface area contributed by atoms with Crippen molar-refractivity contribution < 1.29 is 14.2 Å². The number of ether oxygens (including phenoxy) is 3. The van der Waals surface area contributed by atoms with Crippen LogP contribution >= 0.6 is 11.6 Å². The summed E-state index contributed by atoms with van der Waals surface area (Å²) in [5.41, 5.74) is 0. The lowest BCUT2D eigenvalue weighted by Crippen LogP contribution is -2.20. The molecule has 2 atom stereocenters. The van der Waals surface area contributed by atoms with E-state index in [0.29, 0.717) is 23.1 Å². The number of benzene rings is 1. The molecule has 2 aromatic rings. The second kappa shape index (κ2) is 7.53. The summed E-state index contributed by atoms with van der Waals surface area (Å²) >= 11 is 6.16. The third-order valence-corrected chi connectivity index (χ3v) is 3.96. The van der Waals surface area contributed by atoms with Crippen LogP contribution in [0.1, 0.15) is 6.42 Å². The lowest BCUT2D eigenvalue weighted by molar-refractivity contribution is 0.0268. The van der Waals surface area contributed by atoms with Crippen molar-refractivity contribution in [2.75, 3.05) is 13.7 Å². The summed E-state index contributed by atoms with van der Waals surface area (Å²) < 4.78 is 18.8. The molecular weight excluding hydrogens is 316 g/mol. The first-order valence-corrected chi connectivity index (χ1v) is 7.88. The monoisotopic (exact) mass is 334 g/mol. The molecule has 0 bridgehead atoms. The van der Waals surface area contributed by atoms with Crippen LogP contribution in [0.3, 0.4) is 0 Å². The van der Waals surface area contributed by atoms with Gasteiger partial charge in [0.05, 0.1) is 24.6 Å². The van der Waals surface area contributed by atoms with Gasteiger partial charge < -0.3 is 18.8 Å². The van der Waals surface area contributed by atoms with Crippen LogP contribution in [0, 0.1) is 0 Å². The fourth-order valence-electron chi connectivity index (χ4n) is 2.42. The van der Waals surface area contributed by atoms with E-state index in [1.54, 1.807) is 25.4 Å². The van der Waals surface area contributed by atoms with E-state index in [0.717, 1.165) is 13.0 Å². The molecule has 0 saturated heterocycles. The molecule has 3 rings (SSSR count). The molecule has 122 valence electrons. The van der Waals surface area contributed by atoms with Gasteiger partial charge in [-0.2, -0.15) is 0 Å². The molecule has 0 radical (unpaired) electrons. The predicted octanol–water partition coefficient (Wildman–Crippen LogP) is 3.34. The second-order valence-corrected chi connectivity index (χ2v) is 5.70. The number of hydrogen-bond donors (Lipinski definition) is 0. The van der Waals surface area contributed by atoms with Crippen LogP contribution in [-0.4, -0.2) is 35.5 Å². The van der Waals surface area contributed by atoms with Crippen LogP contribution in [0.25, 0.3) is 0 Å². The molecule has 1 aromatic carbocycles. The van der Waals surface area contributed by atoms with Gasteiger partial charge in [-0.3, -0.25) is 0 Å². The molecule has 0 aliphatic carbocycles. The zero-order chi connectivity index (χ0) is 16.1. The van der Waals surface area contributed by atoms with E-state index < -0.39 is 0 Å². The molecule has 23 heavy (non-hydrogen) atoms. The Morgan fingerprint density at radius 3 is 2.91 bits per heavy atom. The maximum Gasteiger partial charge on any atom is 0.138 e. The van der Waals surface area contributed by atoms with E-state index in [4.69, 9.17) is 25.8 Å².